The first-order valence-corrected chi connectivity index (χ1v) is 18.7. The van der Waals surface area contributed by atoms with Gasteiger partial charge < -0.3 is 81.5 Å². The molecule has 0 aliphatic heterocycles. The van der Waals surface area contributed by atoms with Crippen molar-refractivity contribution in [2.24, 2.45) is 27.9 Å². The van der Waals surface area contributed by atoms with Gasteiger partial charge in [-0.3, -0.25) is 15.1 Å². The van der Waals surface area contributed by atoms with Crippen molar-refractivity contribution in [3.63, 3.8) is 0 Å². The first-order valence-electron chi connectivity index (χ1n) is 18.7. The molecule has 0 spiro atoms. The quantitative estimate of drug-likeness (QED) is 0.00954. The summed E-state index contributed by atoms with van der Waals surface area (Å²) < 4.78 is 35.3. The van der Waals surface area contributed by atoms with E-state index in [1.807, 2.05) is 41.5 Å². The van der Waals surface area contributed by atoms with Gasteiger partial charge >= 0.3 is 18.2 Å². The number of aliphatic imine (C=N–C) groups is 1. The van der Waals surface area contributed by atoms with Gasteiger partial charge in [-0.2, -0.15) is 0 Å². The molecule has 0 heterocycles. The largest absolute Gasteiger partial charge is 0.493 e. The average molecular weight is 828 g/mol. The number of hydrogen-bond acceptors (Lipinski definition) is 18. The second-order valence-electron chi connectivity index (χ2n) is 10.1. The molecule has 0 radical (unpaired) electrons. The maximum absolute atomic E-state index is 12.5. The number of rotatable bonds is 26. The van der Waals surface area contributed by atoms with Crippen LogP contribution in [0.25, 0.3) is 0 Å². The molecule has 0 fully saturated rings. The van der Waals surface area contributed by atoms with E-state index in [1.54, 1.807) is 0 Å². The zero-order valence-electron chi connectivity index (χ0n) is 34.7. The number of methoxy groups -OCH3 is 1. The molecule has 0 aromatic heterocycles. The number of nitro groups is 1. The fraction of sp³-hybridized carbons (Fsp3) is 0.714. The van der Waals surface area contributed by atoms with E-state index in [2.05, 4.69) is 15.0 Å². The van der Waals surface area contributed by atoms with Crippen molar-refractivity contribution in [3.05, 3.63) is 27.8 Å². The van der Waals surface area contributed by atoms with Gasteiger partial charge in [-0.25, -0.2) is 9.59 Å². The number of nitrogens with two attached hydrogens (primary N) is 4. The highest BCUT2D eigenvalue weighted by Gasteiger charge is 2.32. The van der Waals surface area contributed by atoms with Gasteiger partial charge in [0.1, 0.15) is 18.4 Å². The lowest BCUT2D eigenvalue weighted by molar-refractivity contribution is -0.435. The number of nitrogens with zero attached hydrogens (tertiary/aromatic N) is 2. The number of aldehydes is 1. The summed E-state index contributed by atoms with van der Waals surface area (Å²) in [6.07, 6.45) is -5.04. The first-order chi connectivity index (χ1) is 27.2. The van der Waals surface area contributed by atoms with Crippen LogP contribution in [0.4, 0.5) is 10.5 Å². The van der Waals surface area contributed by atoms with Crippen LogP contribution in [-0.2, 0) is 33.3 Å². The molecule has 22 heteroatoms. The molecule has 0 bridgehead atoms. The molecule has 1 aromatic rings. The number of nitro benzene ring substituents is 1. The normalized spacial score (nSPS) is 11.0. The Morgan fingerprint density at radius 1 is 0.895 bits per heavy atom. The van der Waals surface area contributed by atoms with Crippen molar-refractivity contribution in [2.45, 2.75) is 92.5 Å². The molecule has 12 N–H and O–H groups in total. The minimum atomic E-state index is -3.80. The van der Waals surface area contributed by atoms with Crippen LogP contribution in [0.2, 0.25) is 0 Å². The number of alkyl carbamates (subject to hydrolysis) is 1. The van der Waals surface area contributed by atoms with Gasteiger partial charge in [0, 0.05) is 26.1 Å². The lowest BCUT2D eigenvalue weighted by Gasteiger charge is -2.22. The Bertz CT molecular complexity index is 1190. The van der Waals surface area contributed by atoms with Gasteiger partial charge in [-0.15, -0.1) is 0 Å². The van der Waals surface area contributed by atoms with Crippen LogP contribution in [0.5, 0.6) is 11.5 Å². The minimum absolute atomic E-state index is 0.0366. The lowest BCUT2D eigenvalue weighted by Crippen LogP contribution is -2.46. The third-order valence-electron chi connectivity index (χ3n) is 5.98. The van der Waals surface area contributed by atoms with Gasteiger partial charge in [0.25, 0.3) is 5.69 Å². The Labute approximate surface area is 335 Å². The molecule has 0 saturated carbocycles. The monoisotopic (exact) mass is 827 g/mol. The number of amides is 1. The summed E-state index contributed by atoms with van der Waals surface area (Å²) in [7, 11) is 1.30. The van der Waals surface area contributed by atoms with E-state index in [0.717, 1.165) is 6.07 Å². The smallest absolute Gasteiger partial charge is 0.455 e. The number of guanidine groups is 1. The second-order valence-corrected chi connectivity index (χ2v) is 10.1. The number of benzene rings is 1. The summed E-state index contributed by atoms with van der Waals surface area (Å²) >= 11 is 0. The number of aliphatic hydroxyl groups is 3. The summed E-state index contributed by atoms with van der Waals surface area (Å²) in [5.41, 5.74) is 20.3. The van der Waals surface area contributed by atoms with E-state index >= 15 is 0 Å². The lowest BCUT2D eigenvalue weighted by atomic mass is 10.1. The van der Waals surface area contributed by atoms with E-state index in [9.17, 15) is 24.5 Å². The van der Waals surface area contributed by atoms with E-state index in [1.165, 1.54) is 20.1 Å². The molecule has 0 aliphatic rings. The Morgan fingerprint density at radius 3 is 1.86 bits per heavy atom. The number of nitrogens with one attached hydrogen (secondary N) is 1. The highest BCUT2D eigenvalue weighted by Crippen LogP contribution is 2.38. The number of unbranched alkanes of at least 4 members (excludes halogenated alkanes) is 1. The molecule has 0 saturated heterocycles. The van der Waals surface area contributed by atoms with Crippen LogP contribution in [0.1, 0.15) is 85.8 Å². The van der Waals surface area contributed by atoms with Crippen LogP contribution in [0, 0.1) is 10.1 Å². The predicted molar refractivity (Wildman–Crippen MR) is 212 cm³/mol. The van der Waals surface area contributed by atoms with Crippen molar-refractivity contribution in [2.75, 3.05) is 73.0 Å². The third-order valence-corrected chi connectivity index (χ3v) is 5.98. The van der Waals surface area contributed by atoms with Crippen LogP contribution in [-0.4, -0.2) is 130 Å². The van der Waals surface area contributed by atoms with Crippen molar-refractivity contribution in [3.8, 4) is 11.5 Å². The molecule has 57 heavy (non-hydrogen) atoms. The van der Waals surface area contributed by atoms with E-state index in [-0.39, 0.29) is 55.4 Å². The zero-order chi connectivity index (χ0) is 44.7. The fourth-order valence-corrected chi connectivity index (χ4v) is 3.74. The van der Waals surface area contributed by atoms with E-state index in [0.29, 0.717) is 65.4 Å². The van der Waals surface area contributed by atoms with Crippen LogP contribution >= 0.6 is 0 Å². The second kappa shape index (κ2) is 39.8. The number of esters is 1. The molecule has 2 atom stereocenters. The highest BCUT2D eigenvalue weighted by molar-refractivity contribution is 5.81. The SMILES string of the molecule is CC.CC.CC.COc1cc(C(C)OC(=O)NC(CCCN=C(N)N)C(=O)OC(O)(O)O)c([N+](=O)[O-])cc1OCCCC=O.NCCOCCOCCOCCN. The Hall–Kier alpha value is -4.42. The molecular formula is C35H69N7O15. The van der Waals surface area contributed by atoms with Crippen molar-refractivity contribution >= 4 is 30.0 Å². The number of carbonyl (C=O) groups excluding carboxylic acids is 3. The first kappa shape index (κ1) is 59.3. The van der Waals surface area contributed by atoms with E-state index in [4.69, 9.17) is 66.7 Å². The van der Waals surface area contributed by atoms with Crippen LogP contribution in [0.15, 0.2) is 17.1 Å². The van der Waals surface area contributed by atoms with Gasteiger partial charge in [-0.1, -0.05) is 41.5 Å². The average Bonchev–Trinajstić information content (AvgIpc) is 3.18. The summed E-state index contributed by atoms with van der Waals surface area (Å²) in [4.78, 5) is 49.8. The maximum atomic E-state index is 12.5. The zero-order valence-corrected chi connectivity index (χ0v) is 34.7. The fourth-order valence-electron chi connectivity index (χ4n) is 3.74. The number of hydrogen-bond donors (Lipinski definition) is 8. The molecule has 1 rings (SSSR count). The van der Waals surface area contributed by atoms with Gasteiger partial charge in [0.15, 0.2) is 17.5 Å². The predicted octanol–water partition coefficient (Wildman–Crippen LogP) is 1.33. The third kappa shape index (κ3) is 33.4. The summed E-state index contributed by atoms with van der Waals surface area (Å²) in [5.74, 6) is -1.52. The van der Waals surface area contributed by atoms with Crippen molar-refractivity contribution in [1.29, 1.82) is 0 Å². The molecule has 0 aliphatic carbocycles. The summed E-state index contributed by atoms with van der Waals surface area (Å²) in [5, 5.41) is 40.5. The Morgan fingerprint density at radius 2 is 1.42 bits per heavy atom. The number of ether oxygens (including phenoxy) is 7. The molecule has 1 aromatic carbocycles. The topological polar surface area (TPSA) is 348 Å². The van der Waals surface area contributed by atoms with Crippen molar-refractivity contribution < 1.29 is 67.8 Å². The van der Waals surface area contributed by atoms with Gasteiger partial charge in [-0.05, 0) is 32.3 Å². The standard InChI is InChI=1S/C21H31N5O12.C8H20N2O3.3C2H6/c1-12(13-10-16(35-2)17(11-15(13)26(33)34)36-9-4-3-8-27)37-20(29)25-14(6-5-7-24-19(22)23)18(28)38-21(30,31)32;9-1-3-11-5-7-13-8-6-12-4-2-10;3*1-2/h8,10-12,14,30-32H,3-7,9H2,1-2H3,(H,25,29)(H4,22,23,24);1-10H2;3*1-2H3. The summed E-state index contributed by atoms with van der Waals surface area (Å²) in [6, 6.07) is 0.769. The Balaban J connectivity index is -0.000000617. The van der Waals surface area contributed by atoms with Crippen LogP contribution < -0.4 is 37.7 Å². The Kier molecular flexibility index (Phi) is 41.4. The highest BCUT2D eigenvalue weighted by atomic mass is 16.9. The molecule has 2 unspecified atom stereocenters. The molecule has 1 amide bonds. The molecule has 334 valence electrons. The van der Waals surface area contributed by atoms with E-state index < -0.39 is 41.0 Å². The molecular weight excluding hydrogens is 758 g/mol. The van der Waals surface area contributed by atoms with Gasteiger partial charge in [0.05, 0.1) is 69.9 Å². The number of carbonyl (C=O) groups is 3. The maximum Gasteiger partial charge on any atom is 0.455 e. The molecule has 22 nitrogen and oxygen atoms in total. The van der Waals surface area contributed by atoms with Crippen LogP contribution in [0.3, 0.4) is 0 Å². The van der Waals surface area contributed by atoms with Crippen molar-refractivity contribution in [1.82, 2.24) is 5.32 Å². The summed E-state index contributed by atoms with van der Waals surface area (Å²) in [6.45, 7) is 18.1. The minimum Gasteiger partial charge on any atom is -0.493 e. The van der Waals surface area contributed by atoms with Gasteiger partial charge in [0.2, 0.25) is 0 Å².